The minimum absolute atomic E-state index is 0.647. The van der Waals surface area contributed by atoms with Crippen molar-refractivity contribution < 1.29 is 4.42 Å². The van der Waals surface area contributed by atoms with Crippen molar-refractivity contribution >= 4 is 60.9 Å². The van der Waals surface area contributed by atoms with Crippen molar-refractivity contribution in [3.8, 4) is 27.9 Å². The standard InChI is InChI=1S/C47H31N3O/c1-2-11-32(12-3-1)33-22-24-36(25-23-33)49(39-26-27-46-43(31-39)42-19-10-28-48-47(42)51-46)37-15-8-13-34(29-37)35-14-9-16-38(30-35)50-44-20-6-4-17-40(44)41-18-5-7-21-45(41)50/h1-31H. The highest BCUT2D eigenvalue weighted by atomic mass is 16.3. The fourth-order valence-electron chi connectivity index (χ4n) is 7.47. The highest BCUT2D eigenvalue weighted by molar-refractivity contribution is 6.09. The Kier molecular flexibility index (Phi) is 6.78. The summed E-state index contributed by atoms with van der Waals surface area (Å²) in [6, 6.07) is 64.7. The molecule has 51 heavy (non-hydrogen) atoms. The average molecular weight is 654 g/mol. The van der Waals surface area contributed by atoms with E-state index in [9.17, 15) is 0 Å². The van der Waals surface area contributed by atoms with Crippen LogP contribution in [0.25, 0.3) is 71.8 Å². The number of aromatic nitrogens is 2. The van der Waals surface area contributed by atoms with Crippen molar-refractivity contribution in [3.05, 3.63) is 188 Å². The van der Waals surface area contributed by atoms with Gasteiger partial charge >= 0.3 is 0 Å². The lowest BCUT2D eigenvalue weighted by Crippen LogP contribution is -2.10. The molecule has 0 saturated heterocycles. The van der Waals surface area contributed by atoms with Gasteiger partial charge in [0.2, 0.25) is 5.71 Å². The summed E-state index contributed by atoms with van der Waals surface area (Å²) in [5.74, 6) is 0. The van der Waals surface area contributed by atoms with Crippen molar-refractivity contribution in [2.24, 2.45) is 0 Å². The van der Waals surface area contributed by atoms with Crippen LogP contribution in [0, 0.1) is 0 Å². The van der Waals surface area contributed by atoms with Gasteiger partial charge in [-0.15, -0.1) is 0 Å². The molecule has 0 bridgehead atoms. The van der Waals surface area contributed by atoms with Crippen molar-refractivity contribution in [1.82, 2.24) is 9.55 Å². The van der Waals surface area contributed by atoms with Crippen LogP contribution in [0.5, 0.6) is 0 Å². The SMILES string of the molecule is c1ccc(-c2ccc(N(c3cccc(-c4cccc(-n5c6ccccc6c6ccccc65)c4)c3)c3ccc4oc5ncccc5c4c3)cc2)cc1. The third kappa shape index (κ3) is 4.96. The van der Waals surface area contributed by atoms with Crippen molar-refractivity contribution in [1.29, 1.82) is 0 Å². The minimum Gasteiger partial charge on any atom is -0.438 e. The molecule has 0 atom stereocenters. The number of furan rings is 1. The first-order valence-corrected chi connectivity index (χ1v) is 17.2. The van der Waals surface area contributed by atoms with Gasteiger partial charge in [-0.1, -0.05) is 103 Å². The van der Waals surface area contributed by atoms with E-state index in [4.69, 9.17) is 4.42 Å². The fraction of sp³-hybridized carbons (Fsp3) is 0. The number of anilines is 3. The smallest absolute Gasteiger partial charge is 0.227 e. The molecule has 0 spiro atoms. The molecular formula is C47H31N3O. The van der Waals surface area contributed by atoms with Crippen LogP contribution >= 0.6 is 0 Å². The second-order valence-corrected chi connectivity index (χ2v) is 12.9. The molecule has 0 radical (unpaired) electrons. The van der Waals surface area contributed by atoms with E-state index in [-0.39, 0.29) is 0 Å². The third-order valence-corrected chi connectivity index (χ3v) is 9.84. The number of pyridine rings is 1. The second kappa shape index (κ2) is 11.9. The number of rotatable bonds is 6. The Balaban J connectivity index is 1.11. The summed E-state index contributed by atoms with van der Waals surface area (Å²) in [6.45, 7) is 0. The molecule has 0 aliphatic carbocycles. The summed E-state index contributed by atoms with van der Waals surface area (Å²) in [7, 11) is 0. The predicted molar refractivity (Wildman–Crippen MR) is 211 cm³/mol. The van der Waals surface area contributed by atoms with E-state index in [1.165, 1.54) is 32.9 Å². The molecule has 0 N–H and O–H groups in total. The lowest BCUT2D eigenvalue weighted by Gasteiger charge is -2.26. The molecule has 10 aromatic rings. The molecule has 10 rings (SSSR count). The van der Waals surface area contributed by atoms with E-state index in [0.717, 1.165) is 50.2 Å². The zero-order valence-electron chi connectivity index (χ0n) is 27.6. The van der Waals surface area contributed by atoms with Gasteiger partial charge in [0, 0.05) is 50.5 Å². The van der Waals surface area contributed by atoms with E-state index in [1.807, 2.05) is 6.07 Å². The molecule has 0 amide bonds. The monoisotopic (exact) mass is 653 g/mol. The number of hydrogen-bond donors (Lipinski definition) is 0. The van der Waals surface area contributed by atoms with E-state index in [2.05, 4.69) is 190 Å². The highest BCUT2D eigenvalue weighted by Gasteiger charge is 2.18. The van der Waals surface area contributed by atoms with Gasteiger partial charge in [-0.3, -0.25) is 0 Å². The van der Waals surface area contributed by atoms with Crippen LogP contribution in [0.3, 0.4) is 0 Å². The molecule has 0 fully saturated rings. The van der Waals surface area contributed by atoms with Crippen LogP contribution in [0.2, 0.25) is 0 Å². The molecule has 4 heteroatoms. The molecular weight excluding hydrogens is 623 g/mol. The lowest BCUT2D eigenvalue weighted by molar-refractivity contribution is 0.654. The van der Waals surface area contributed by atoms with Gasteiger partial charge in [0.15, 0.2) is 0 Å². The quantitative estimate of drug-likeness (QED) is 0.179. The molecule has 240 valence electrons. The summed E-state index contributed by atoms with van der Waals surface area (Å²) >= 11 is 0. The van der Waals surface area contributed by atoms with Crippen molar-refractivity contribution in [3.63, 3.8) is 0 Å². The summed E-state index contributed by atoms with van der Waals surface area (Å²) in [5.41, 5.74) is 12.8. The molecule has 0 unspecified atom stereocenters. The van der Waals surface area contributed by atoms with Crippen LogP contribution < -0.4 is 4.90 Å². The number of hydrogen-bond acceptors (Lipinski definition) is 3. The van der Waals surface area contributed by atoms with Crippen LogP contribution in [0.1, 0.15) is 0 Å². The molecule has 3 heterocycles. The van der Waals surface area contributed by atoms with E-state index in [1.54, 1.807) is 6.20 Å². The summed E-state index contributed by atoms with van der Waals surface area (Å²) in [4.78, 5) is 6.79. The molecule has 4 nitrogen and oxygen atoms in total. The van der Waals surface area contributed by atoms with Gasteiger partial charge in [0.1, 0.15) is 5.58 Å². The number of para-hydroxylation sites is 2. The van der Waals surface area contributed by atoms with Gasteiger partial charge in [0.05, 0.1) is 11.0 Å². The first-order valence-electron chi connectivity index (χ1n) is 17.2. The fourth-order valence-corrected chi connectivity index (χ4v) is 7.47. The maximum atomic E-state index is 6.10. The van der Waals surface area contributed by atoms with E-state index >= 15 is 0 Å². The largest absolute Gasteiger partial charge is 0.438 e. The number of fused-ring (bicyclic) bond motifs is 6. The predicted octanol–water partition coefficient (Wildman–Crippen LogP) is 12.9. The molecule has 0 saturated carbocycles. The van der Waals surface area contributed by atoms with E-state index < -0.39 is 0 Å². The maximum Gasteiger partial charge on any atom is 0.227 e. The van der Waals surface area contributed by atoms with Crippen LogP contribution in [0.4, 0.5) is 17.1 Å². The third-order valence-electron chi connectivity index (χ3n) is 9.84. The van der Waals surface area contributed by atoms with Gasteiger partial charge < -0.3 is 13.9 Å². The van der Waals surface area contributed by atoms with Gasteiger partial charge in [-0.2, -0.15) is 0 Å². The Labute approximate surface area is 295 Å². The number of benzene rings is 7. The Morgan fingerprint density at radius 2 is 1.02 bits per heavy atom. The first-order chi connectivity index (χ1) is 25.3. The number of nitrogens with zero attached hydrogens (tertiary/aromatic N) is 3. The zero-order chi connectivity index (χ0) is 33.7. The summed E-state index contributed by atoms with van der Waals surface area (Å²) in [5, 5.41) is 4.56. The zero-order valence-corrected chi connectivity index (χ0v) is 27.6. The highest BCUT2D eigenvalue weighted by Crippen LogP contribution is 2.41. The topological polar surface area (TPSA) is 34.2 Å². The Morgan fingerprint density at radius 3 is 1.80 bits per heavy atom. The Bertz CT molecular complexity index is 2810. The minimum atomic E-state index is 0.647. The average Bonchev–Trinajstić information content (AvgIpc) is 3.74. The van der Waals surface area contributed by atoms with Gasteiger partial charge in [0.25, 0.3) is 0 Å². The van der Waals surface area contributed by atoms with Crippen molar-refractivity contribution in [2.75, 3.05) is 4.90 Å². The lowest BCUT2D eigenvalue weighted by atomic mass is 10.0. The van der Waals surface area contributed by atoms with Crippen molar-refractivity contribution in [2.45, 2.75) is 0 Å². The first kappa shape index (κ1) is 29.0. The summed E-state index contributed by atoms with van der Waals surface area (Å²) < 4.78 is 8.48. The van der Waals surface area contributed by atoms with Crippen LogP contribution in [-0.4, -0.2) is 9.55 Å². The summed E-state index contributed by atoms with van der Waals surface area (Å²) in [6.07, 6.45) is 1.77. The Morgan fingerprint density at radius 1 is 0.412 bits per heavy atom. The Hall–Kier alpha value is -6.91. The van der Waals surface area contributed by atoms with Gasteiger partial charge in [-0.25, -0.2) is 4.98 Å². The van der Waals surface area contributed by atoms with Crippen LogP contribution in [0.15, 0.2) is 193 Å². The molecule has 0 aliphatic heterocycles. The maximum absolute atomic E-state index is 6.10. The van der Waals surface area contributed by atoms with Crippen LogP contribution in [-0.2, 0) is 0 Å². The molecule has 0 aliphatic rings. The normalized spacial score (nSPS) is 11.5. The molecule has 3 aromatic heterocycles. The molecule has 7 aromatic carbocycles. The van der Waals surface area contributed by atoms with Gasteiger partial charge in [-0.05, 0) is 101 Å². The second-order valence-electron chi connectivity index (χ2n) is 12.9. The van der Waals surface area contributed by atoms with E-state index in [0.29, 0.717) is 5.71 Å².